The molecule has 1 amide bonds. The van der Waals surface area contributed by atoms with Gasteiger partial charge >= 0.3 is 6.18 Å². The summed E-state index contributed by atoms with van der Waals surface area (Å²) in [5.74, 6) is -0.355. The second-order valence-corrected chi connectivity index (χ2v) is 7.94. The second-order valence-electron chi connectivity index (χ2n) is 6.69. The number of nitrogens with one attached hydrogen (secondary N) is 1. The van der Waals surface area contributed by atoms with E-state index >= 15 is 0 Å². The van der Waals surface area contributed by atoms with E-state index in [1.54, 1.807) is 23.0 Å². The predicted octanol–water partition coefficient (Wildman–Crippen LogP) is 3.78. The van der Waals surface area contributed by atoms with Crippen LogP contribution in [-0.2, 0) is 19.6 Å². The molecule has 3 rings (SSSR count). The standard InChI is InChI=1S/C20H21F3N4OS/c1-12-15(17-7-8-25-27(17)2)10-18(29-12)19(28)26-14(11-24)9-13-5-3-4-6-16(13)20(21,22)23/h3-8,10,14H,9,11,24H2,1-2H3,(H,26,28)/t14-/m0/s1. The van der Waals surface area contributed by atoms with Crippen LogP contribution in [0.3, 0.4) is 0 Å². The number of hydrogen-bond donors (Lipinski definition) is 2. The highest BCUT2D eigenvalue weighted by molar-refractivity contribution is 7.14. The van der Waals surface area contributed by atoms with Gasteiger partial charge in [0.05, 0.1) is 16.1 Å². The first kappa shape index (κ1) is 21.1. The number of nitrogens with zero attached hydrogens (tertiary/aromatic N) is 2. The summed E-state index contributed by atoms with van der Waals surface area (Å²) in [4.78, 5) is 14.1. The number of nitrogens with two attached hydrogens (primary N) is 1. The molecule has 2 heterocycles. The van der Waals surface area contributed by atoms with Gasteiger partial charge < -0.3 is 11.1 Å². The Bertz CT molecular complexity index is 1010. The van der Waals surface area contributed by atoms with Crippen molar-refractivity contribution in [1.29, 1.82) is 0 Å². The van der Waals surface area contributed by atoms with Crippen molar-refractivity contribution in [3.63, 3.8) is 0 Å². The van der Waals surface area contributed by atoms with E-state index in [0.717, 1.165) is 22.2 Å². The molecule has 154 valence electrons. The van der Waals surface area contributed by atoms with E-state index < -0.39 is 17.8 Å². The first-order valence-corrected chi connectivity index (χ1v) is 9.77. The number of hydrogen-bond acceptors (Lipinski definition) is 4. The Balaban J connectivity index is 1.77. The molecule has 5 nitrogen and oxygen atoms in total. The molecule has 3 aromatic rings. The highest BCUT2D eigenvalue weighted by Gasteiger charge is 2.33. The molecule has 0 aliphatic rings. The maximum Gasteiger partial charge on any atom is 0.416 e. The third kappa shape index (κ3) is 4.68. The van der Waals surface area contributed by atoms with Crippen molar-refractivity contribution in [2.45, 2.75) is 25.6 Å². The summed E-state index contributed by atoms with van der Waals surface area (Å²) < 4.78 is 41.4. The maximum atomic E-state index is 13.2. The molecule has 9 heteroatoms. The topological polar surface area (TPSA) is 72.9 Å². The van der Waals surface area contributed by atoms with Crippen LogP contribution in [0.15, 0.2) is 42.6 Å². The van der Waals surface area contributed by atoms with Crippen molar-refractivity contribution in [2.24, 2.45) is 12.8 Å². The van der Waals surface area contributed by atoms with Gasteiger partial charge in [0.2, 0.25) is 0 Å². The van der Waals surface area contributed by atoms with Gasteiger partial charge in [-0.3, -0.25) is 9.48 Å². The monoisotopic (exact) mass is 422 g/mol. The van der Waals surface area contributed by atoms with Crippen LogP contribution in [-0.4, -0.2) is 28.3 Å². The Hall–Kier alpha value is -2.65. The SMILES string of the molecule is Cc1sc(C(=O)N[C@H](CN)Cc2ccccc2C(F)(F)F)cc1-c1ccnn1C. The van der Waals surface area contributed by atoms with Gasteiger partial charge in [-0.2, -0.15) is 18.3 Å². The van der Waals surface area contributed by atoms with Crippen molar-refractivity contribution in [3.8, 4) is 11.3 Å². The van der Waals surface area contributed by atoms with Gasteiger partial charge in [0, 0.05) is 36.3 Å². The lowest BCUT2D eigenvalue weighted by molar-refractivity contribution is -0.138. The summed E-state index contributed by atoms with van der Waals surface area (Å²) >= 11 is 1.32. The lowest BCUT2D eigenvalue weighted by atomic mass is 9.99. The summed E-state index contributed by atoms with van der Waals surface area (Å²) in [6.45, 7) is 1.93. The van der Waals surface area contributed by atoms with E-state index in [0.29, 0.717) is 4.88 Å². The fourth-order valence-electron chi connectivity index (χ4n) is 3.18. The zero-order valence-corrected chi connectivity index (χ0v) is 16.8. The molecule has 0 fully saturated rings. The molecule has 0 aliphatic carbocycles. The van der Waals surface area contributed by atoms with Gasteiger partial charge in [-0.05, 0) is 37.1 Å². The number of alkyl halides is 3. The van der Waals surface area contributed by atoms with Crippen molar-refractivity contribution in [3.05, 3.63) is 63.5 Å². The lowest BCUT2D eigenvalue weighted by Crippen LogP contribution is -2.41. The third-order valence-corrected chi connectivity index (χ3v) is 5.70. The van der Waals surface area contributed by atoms with E-state index in [4.69, 9.17) is 5.73 Å². The minimum absolute atomic E-state index is 0.00311. The number of aryl methyl sites for hydroxylation is 2. The summed E-state index contributed by atoms with van der Waals surface area (Å²) in [5, 5.41) is 6.90. The van der Waals surface area contributed by atoms with E-state index in [-0.39, 0.29) is 24.4 Å². The molecule has 2 aromatic heterocycles. The van der Waals surface area contributed by atoms with Crippen molar-refractivity contribution in [2.75, 3.05) is 6.54 Å². The van der Waals surface area contributed by atoms with Crippen molar-refractivity contribution in [1.82, 2.24) is 15.1 Å². The van der Waals surface area contributed by atoms with Gasteiger partial charge in [-0.1, -0.05) is 18.2 Å². The number of carbonyl (C=O) groups is 1. The van der Waals surface area contributed by atoms with Gasteiger partial charge in [-0.25, -0.2) is 0 Å². The maximum absolute atomic E-state index is 13.2. The predicted molar refractivity (Wildman–Crippen MR) is 107 cm³/mol. The summed E-state index contributed by atoms with van der Waals surface area (Å²) in [6.07, 6.45) is -2.78. The Morgan fingerprint density at radius 2 is 2.03 bits per heavy atom. The van der Waals surface area contributed by atoms with Crippen LogP contribution < -0.4 is 11.1 Å². The molecule has 0 saturated heterocycles. The summed E-state index contributed by atoms with van der Waals surface area (Å²) in [5.41, 5.74) is 6.91. The first-order chi connectivity index (χ1) is 13.7. The number of thiophene rings is 1. The van der Waals surface area contributed by atoms with E-state index in [9.17, 15) is 18.0 Å². The summed E-state index contributed by atoms with van der Waals surface area (Å²) in [7, 11) is 1.81. The first-order valence-electron chi connectivity index (χ1n) is 8.95. The molecular weight excluding hydrogens is 401 g/mol. The number of carbonyl (C=O) groups excluding carboxylic acids is 1. The molecule has 0 bridgehead atoms. The van der Waals surface area contributed by atoms with Crippen LogP contribution in [0.5, 0.6) is 0 Å². The van der Waals surface area contributed by atoms with Crippen LogP contribution in [0.2, 0.25) is 0 Å². The number of rotatable bonds is 6. The van der Waals surface area contributed by atoms with Crippen molar-refractivity contribution < 1.29 is 18.0 Å². The molecule has 0 unspecified atom stereocenters. The third-order valence-electron chi connectivity index (χ3n) is 4.65. The molecular formula is C20H21F3N4OS. The lowest BCUT2D eigenvalue weighted by Gasteiger charge is -2.19. The zero-order chi connectivity index (χ0) is 21.2. The number of aromatic nitrogens is 2. The fraction of sp³-hybridized carbons (Fsp3) is 0.300. The molecule has 1 aromatic carbocycles. The van der Waals surface area contributed by atoms with Crippen LogP contribution in [0.1, 0.15) is 25.7 Å². The average Bonchev–Trinajstić information content (AvgIpc) is 3.25. The Morgan fingerprint density at radius 1 is 1.31 bits per heavy atom. The van der Waals surface area contributed by atoms with Gasteiger partial charge in [0.1, 0.15) is 0 Å². The van der Waals surface area contributed by atoms with E-state index in [1.165, 1.54) is 23.5 Å². The van der Waals surface area contributed by atoms with Crippen LogP contribution >= 0.6 is 11.3 Å². The van der Waals surface area contributed by atoms with E-state index in [1.807, 2.05) is 20.0 Å². The minimum Gasteiger partial charge on any atom is -0.347 e. The average molecular weight is 422 g/mol. The molecule has 0 spiro atoms. The van der Waals surface area contributed by atoms with Crippen LogP contribution in [0.4, 0.5) is 13.2 Å². The molecule has 29 heavy (non-hydrogen) atoms. The highest BCUT2D eigenvalue weighted by Crippen LogP contribution is 2.33. The Labute approximate surface area is 170 Å². The second kappa shape index (κ2) is 8.38. The van der Waals surface area contributed by atoms with Crippen molar-refractivity contribution >= 4 is 17.2 Å². The van der Waals surface area contributed by atoms with Crippen LogP contribution in [0, 0.1) is 6.92 Å². The number of amides is 1. The largest absolute Gasteiger partial charge is 0.416 e. The quantitative estimate of drug-likeness (QED) is 0.635. The minimum atomic E-state index is -4.46. The summed E-state index contributed by atoms with van der Waals surface area (Å²) in [6, 6.07) is 8.34. The number of halogens is 3. The molecule has 3 N–H and O–H groups in total. The Morgan fingerprint density at radius 3 is 2.66 bits per heavy atom. The zero-order valence-electron chi connectivity index (χ0n) is 16.0. The van der Waals surface area contributed by atoms with Crippen LogP contribution in [0.25, 0.3) is 11.3 Å². The van der Waals surface area contributed by atoms with Gasteiger partial charge in [0.25, 0.3) is 5.91 Å². The van der Waals surface area contributed by atoms with E-state index in [2.05, 4.69) is 10.4 Å². The fourth-order valence-corrected chi connectivity index (χ4v) is 4.11. The van der Waals surface area contributed by atoms with Gasteiger partial charge in [0.15, 0.2) is 0 Å². The smallest absolute Gasteiger partial charge is 0.347 e. The highest BCUT2D eigenvalue weighted by atomic mass is 32.1. The molecule has 1 atom stereocenters. The Kier molecular flexibility index (Phi) is 6.09. The molecule has 0 radical (unpaired) electrons. The molecule has 0 aliphatic heterocycles. The normalized spacial score (nSPS) is 12.8. The number of benzene rings is 1. The molecule has 0 saturated carbocycles. The van der Waals surface area contributed by atoms with Gasteiger partial charge in [-0.15, -0.1) is 11.3 Å².